The number of benzene rings is 2. The van der Waals surface area contributed by atoms with E-state index in [2.05, 4.69) is 4.18 Å². The summed E-state index contributed by atoms with van der Waals surface area (Å²) in [5, 5.41) is 1.13. The number of alkyl halides is 3. The Bertz CT molecular complexity index is 925. The molecule has 0 atom stereocenters. The van der Waals surface area contributed by atoms with E-state index in [1.54, 1.807) is 24.3 Å². The lowest BCUT2D eigenvalue weighted by molar-refractivity contribution is -0.0500. The van der Waals surface area contributed by atoms with Gasteiger partial charge in [0.15, 0.2) is 0 Å². The van der Waals surface area contributed by atoms with Crippen LogP contribution in [0.1, 0.15) is 0 Å². The Hall–Kier alpha value is -2.22. The molecule has 1 aromatic heterocycles. The molecule has 0 aliphatic rings. The third kappa shape index (κ3) is 2.31. The molecule has 3 aromatic rings. The van der Waals surface area contributed by atoms with Crippen molar-refractivity contribution in [2.24, 2.45) is 0 Å². The summed E-state index contributed by atoms with van der Waals surface area (Å²) in [6.45, 7) is 0. The Balaban J connectivity index is 2.11. The van der Waals surface area contributed by atoms with Crippen LogP contribution in [0, 0.1) is 0 Å². The van der Waals surface area contributed by atoms with E-state index in [0.29, 0.717) is 21.9 Å². The first-order valence-electron chi connectivity index (χ1n) is 5.70. The van der Waals surface area contributed by atoms with Crippen molar-refractivity contribution in [2.45, 2.75) is 5.51 Å². The van der Waals surface area contributed by atoms with Crippen LogP contribution >= 0.6 is 0 Å². The van der Waals surface area contributed by atoms with Crippen LogP contribution in [0.5, 0.6) is 5.75 Å². The minimum absolute atomic E-state index is 0.424. The van der Waals surface area contributed by atoms with Crippen LogP contribution < -0.4 is 4.18 Å². The summed E-state index contributed by atoms with van der Waals surface area (Å²) in [5.41, 5.74) is -4.50. The Kier molecular flexibility index (Phi) is 2.87. The Morgan fingerprint density at radius 1 is 0.952 bits per heavy atom. The van der Waals surface area contributed by atoms with Gasteiger partial charge in [0.25, 0.3) is 0 Å². The van der Waals surface area contributed by atoms with E-state index in [0.717, 1.165) is 6.07 Å². The summed E-state index contributed by atoms with van der Waals surface area (Å²) < 4.78 is 68.4. The van der Waals surface area contributed by atoms with Crippen LogP contribution in [-0.2, 0) is 10.1 Å². The lowest BCUT2D eigenvalue weighted by atomic mass is 10.1. The van der Waals surface area contributed by atoms with Crippen LogP contribution in [-0.4, -0.2) is 13.9 Å². The maximum absolute atomic E-state index is 12.3. The second-order valence-electron chi connectivity index (χ2n) is 4.24. The number of hydrogen-bond acceptors (Lipinski definition) is 4. The molecule has 0 unspecified atom stereocenters. The fraction of sp³-hybridized carbons (Fsp3) is 0.0769. The molecule has 110 valence electrons. The normalized spacial score (nSPS) is 12.9. The minimum atomic E-state index is -5.69. The molecule has 8 heteroatoms. The molecule has 0 spiro atoms. The molecular formula is C13H7F3O4S. The molecule has 0 radical (unpaired) electrons. The number of para-hydroxylation sites is 1. The lowest BCUT2D eigenvalue weighted by Crippen LogP contribution is -2.28. The van der Waals surface area contributed by atoms with Gasteiger partial charge in [0.2, 0.25) is 0 Å². The molecule has 0 bridgehead atoms. The van der Waals surface area contributed by atoms with Crippen molar-refractivity contribution < 1.29 is 30.2 Å². The molecule has 0 fully saturated rings. The molecular weight excluding hydrogens is 309 g/mol. The van der Waals surface area contributed by atoms with Gasteiger partial charge in [-0.1, -0.05) is 18.2 Å². The maximum Gasteiger partial charge on any atom is 0.534 e. The topological polar surface area (TPSA) is 56.5 Å². The monoisotopic (exact) mass is 316 g/mol. The van der Waals surface area contributed by atoms with Crippen LogP contribution in [0.15, 0.2) is 46.9 Å². The summed E-state index contributed by atoms with van der Waals surface area (Å²) >= 11 is 0. The van der Waals surface area contributed by atoms with E-state index in [4.69, 9.17) is 4.42 Å². The largest absolute Gasteiger partial charge is 0.534 e. The number of rotatable bonds is 2. The molecule has 0 saturated carbocycles. The van der Waals surface area contributed by atoms with Gasteiger partial charge in [0.1, 0.15) is 16.9 Å². The zero-order valence-corrected chi connectivity index (χ0v) is 11.0. The van der Waals surface area contributed by atoms with Crippen molar-refractivity contribution in [3.63, 3.8) is 0 Å². The average Bonchev–Trinajstić information content (AvgIpc) is 2.75. The van der Waals surface area contributed by atoms with Gasteiger partial charge in [-0.25, -0.2) is 0 Å². The Morgan fingerprint density at radius 2 is 1.62 bits per heavy atom. The van der Waals surface area contributed by atoms with Gasteiger partial charge in [0, 0.05) is 10.8 Å². The third-order valence-corrected chi connectivity index (χ3v) is 3.82. The highest BCUT2D eigenvalue weighted by molar-refractivity contribution is 7.88. The van der Waals surface area contributed by atoms with Crippen molar-refractivity contribution >= 4 is 32.1 Å². The zero-order chi connectivity index (χ0) is 15.3. The van der Waals surface area contributed by atoms with Gasteiger partial charge >= 0.3 is 15.6 Å². The van der Waals surface area contributed by atoms with Gasteiger partial charge in [-0.05, 0) is 24.3 Å². The first-order valence-corrected chi connectivity index (χ1v) is 7.11. The number of halogens is 3. The van der Waals surface area contributed by atoms with Gasteiger partial charge in [-0.15, -0.1) is 0 Å². The fourth-order valence-corrected chi connectivity index (χ4v) is 2.38. The van der Waals surface area contributed by atoms with Crippen LogP contribution in [0.2, 0.25) is 0 Å². The van der Waals surface area contributed by atoms with Gasteiger partial charge < -0.3 is 8.60 Å². The molecule has 0 N–H and O–H groups in total. The van der Waals surface area contributed by atoms with E-state index in [-0.39, 0.29) is 0 Å². The number of fused-ring (bicyclic) bond motifs is 3. The molecule has 21 heavy (non-hydrogen) atoms. The molecule has 1 heterocycles. The summed E-state index contributed by atoms with van der Waals surface area (Å²) in [5.74, 6) is -0.425. The zero-order valence-electron chi connectivity index (χ0n) is 10.2. The second kappa shape index (κ2) is 4.39. The number of furan rings is 1. The van der Waals surface area contributed by atoms with E-state index < -0.39 is 21.4 Å². The highest BCUT2D eigenvalue weighted by atomic mass is 32.2. The Labute approximate surface area is 116 Å². The van der Waals surface area contributed by atoms with Crippen molar-refractivity contribution in [1.82, 2.24) is 0 Å². The van der Waals surface area contributed by atoms with Crippen LogP contribution in [0.3, 0.4) is 0 Å². The molecule has 3 rings (SSSR count). The van der Waals surface area contributed by atoms with Gasteiger partial charge in [-0.3, -0.25) is 0 Å². The molecule has 0 aliphatic heterocycles. The SMILES string of the molecule is O=S(=O)(Oc1ccc2oc3ccccc3c2c1)C(F)(F)F. The average molecular weight is 316 g/mol. The summed E-state index contributed by atoms with van der Waals surface area (Å²) in [7, 11) is -5.69. The molecule has 0 amide bonds. The van der Waals surface area contributed by atoms with Crippen LogP contribution in [0.25, 0.3) is 21.9 Å². The van der Waals surface area contributed by atoms with Crippen molar-refractivity contribution in [3.8, 4) is 5.75 Å². The van der Waals surface area contributed by atoms with E-state index >= 15 is 0 Å². The van der Waals surface area contributed by atoms with Crippen molar-refractivity contribution in [1.29, 1.82) is 0 Å². The third-order valence-electron chi connectivity index (χ3n) is 2.84. The quantitative estimate of drug-likeness (QED) is 0.533. The van der Waals surface area contributed by atoms with E-state index in [9.17, 15) is 21.6 Å². The predicted molar refractivity (Wildman–Crippen MR) is 69.3 cm³/mol. The first kappa shape index (κ1) is 13.7. The highest BCUT2D eigenvalue weighted by Gasteiger charge is 2.48. The summed E-state index contributed by atoms with van der Waals surface area (Å²) in [6, 6.07) is 10.5. The molecule has 0 saturated heterocycles. The van der Waals surface area contributed by atoms with E-state index in [1.807, 2.05) is 0 Å². The smallest absolute Gasteiger partial charge is 0.456 e. The summed E-state index contributed by atoms with van der Waals surface area (Å²) in [4.78, 5) is 0. The molecule has 2 aromatic carbocycles. The first-order chi connectivity index (χ1) is 9.78. The predicted octanol–water partition coefficient (Wildman–Crippen LogP) is 3.81. The van der Waals surface area contributed by atoms with Gasteiger partial charge in [0.05, 0.1) is 0 Å². The standard InChI is InChI=1S/C13H7F3O4S/c14-13(15,16)21(17,18)20-8-5-6-12-10(7-8)9-3-1-2-4-11(9)19-12/h1-7H. The highest BCUT2D eigenvalue weighted by Crippen LogP contribution is 2.33. The minimum Gasteiger partial charge on any atom is -0.456 e. The van der Waals surface area contributed by atoms with E-state index in [1.165, 1.54) is 12.1 Å². The van der Waals surface area contributed by atoms with Gasteiger partial charge in [-0.2, -0.15) is 21.6 Å². The fourth-order valence-electron chi connectivity index (χ4n) is 1.93. The lowest BCUT2D eigenvalue weighted by Gasteiger charge is -2.09. The Morgan fingerprint density at radius 3 is 2.33 bits per heavy atom. The summed E-state index contributed by atoms with van der Waals surface area (Å²) in [6.07, 6.45) is 0. The second-order valence-corrected chi connectivity index (χ2v) is 5.78. The number of hydrogen-bond donors (Lipinski definition) is 0. The van der Waals surface area contributed by atoms with Crippen LogP contribution in [0.4, 0.5) is 13.2 Å². The molecule has 0 aliphatic carbocycles. The van der Waals surface area contributed by atoms with Crippen molar-refractivity contribution in [3.05, 3.63) is 42.5 Å². The maximum atomic E-state index is 12.3. The molecule has 4 nitrogen and oxygen atoms in total. The van der Waals surface area contributed by atoms with Crippen molar-refractivity contribution in [2.75, 3.05) is 0 Å².